The number of nitro groups is 1. The molecule has 0 N–H and O–H groups in total. The van der Waals surface area contributed by atoms with Crippen LogP contribution >= 0.6 is 0 Å². The number of nitrogens with zero attached hydrogens (tertiary/aromatic N) is 3. The van der Waals surface area contributed by atoms with Crippen LogP contribution < -0.4 is 0 Å². The van der Waals surface area contributed by atoms with Crippen LogP contribution in [0, 0.1) is 17.0 Å². The van der Waals surface area contributed by atoms with Crippen LogP contribution in [0.1, 0.15) is 17.0 Å². The van der Waals surface area contributed by atoms with Gasteiger partial charge in [-0.1, -0.05) is 6.07 Å². The van der Waals surface area contributed by atoms with E-state index in [0.29, 0.717) is 11.3 Å². The predicted octanol–water partition coefficient (Wildman–Crippen LogP) is 2.84. The van der Waals surface area contributed by atoms with E-state index in [4.69, 9.17) is 4.74 Å². The number of carbonyl (C=O) groups is 1. The summed E-state index contributed by atoms with van der Waals surface area (Å²) in [6.07, 6.45) is 1.98. The van der Waals surface area contributed by atoms with Gasteiger partial charge in [0.05, 0.1) is 17.0 Å². The van der Waals surface area contributed by atoms with Crippen molar-refractivity contribution in [2.24, 2.45) is 0 Å². The van der Waals surface area contributed by atoms with Gasteiger partial charge in [-0.2, -0.15) is 0 Å². The number of hydrogen-bond donors (Lipinski definition) is 0. The van der Waals surface area contributed by atoms with Crippen molar-refractivity contribution in [1.29, 1.82) is 0 Å². The molecule has 24 heavy (non-hydrogen) atoms. The molecule has 2 heterocycles. The molecule has 0 bridgehead atoms. The summed E-state index contributed by atoms with van der Waals surface area (Å²) in [4.78, 5) is 26.6. The molecule has 0 aliphatic carbocycles. The number of carbonyl (C=O) groups excluding carboxylic acids is 1. The Morgan fingerprint density at radius 3 is 2.67 bits per heavy atom. The molecule has 0 saturated heterocycles. The van der Waals surface area contributed by atoms with Crippen molar-refractivity contribution in [3.05, 3.63) is 75.7 Å². The van der Waals surface area contributed by atoms with Crippen LogP contribution in [0.25, 0.3) is 5.65 Å². The van der Waals surface area contributed by atoms with Crippen molar-refractivity contribution in [2.45, 2.75) is 20.0 Å². The molecule has 0 amide bonds. The number of hydrogen-bond acceptors (Lipinski definition) is 5. The van der Waals surface area contributed by atoms with Gasteiger partial charge in [0, 0.05) is 24.0 Å². The summed E-state index contributed by atoms with van der Waals surface area (Å²) < 4.78 is 7.14. The average Bonchev–Trinajstić information content (AvgIpc) is 2.89. The third-order valence-corrected chi connectivity index (χ3v) is 3.73. The number of benzene rings is 1. The summed E-state index contributed by atoms with van der Waals surface area (Å²) in [5, 5.41) is 10.6. The number of aryl methyl sites for hydroxylation is 1. The quantitative estimate of drug-likeness (QED) is 0.409. The first-order valence-corrected chi connectivity index (χ1v) is 7.36. The second kappa shape index (κ2) is 6.49. The van der Waals surface area contributed by atoms with Crippen molar-refractivity contribution in [1.82, 2.24) is 9.38 Å². The number of non-ortho nitro benzene ring substituents is 1. The van der Waals surface area contributed by atoms with E-state index in [9.17, 15) is 14.9 Å². The smallest absolute Gasteiger partial charge is 0.312 e. The van der Waals surface area contributed by atoms with Gasteiger partial charge in [-0.05, 0) is 36.8 Å². The number of imidazole rings is 1. The Morgan fingerprint density at radius 2 is 2.00 bits per heavy atom. The van der Waals surface area contributed by atoms with E-state index < -0.39 is 4.92 Å². The number of aromatic nitrogens is 2. The minimum Gasteiger partial charge on any atom is -0.461 e. The number of pyridine rings is 1. The van der Waals surface area contributed by atoms with Crippen LogP contribution in [0.4, 0.5) is 5.69 Å². The Hall–Kier alpha value is -3.22. The fourth-order valence-electron chi connectivity index (χ4n) is 2.40. The zero-order valence-electron chi connectivity index (χ0n) is 13.0. The number of fused-ring (bicyclic) bond motifs is 1. The first-order chi connectivity index (χ1) is 11.5. The molecule has 0 fully saturated rings. The molecule has 3 aromatic rings. The van der Waals surface area contributed by atoms with E-state index in [1.54, 1.807) is 12.1 Å². The lowest BCUT2D eigenvalue weighted by Crippen LogP contribution is -2.09. The maximum atomic E-state index is 12.0. The number of esters is 1. The number of nitro benzene ring substituents is 1. The van der Waals surface area contributed by atoms with E-state index in [0.717, 1.165) is 11.3 Å². The summed E-state index contributed by atoms with van der Waals surface area (Å²) >= 11 is 0. The molecular formula is C17H15N3O4. The van der Waals surface area contributed by atoms with Gasteiger partial charge >= 0.3 is 5.97 Å². The average molecular weight is 325 g/mol. The molecular weight excluding hydrogens is 310 g/mol. The summed E-state index contributed by atoms with van der Waals surface area (Å²) in [7, 11) is 0. The van der Waals surface area contributed by atoms with Crippen molar-refractivity contribution in [2.75, 3.05) is 0 Å². The molecule has 0 atom stereocenters. The topological polar surface area (TPSA) is 86.7 Å². The van der Waals surface area contributed by atoms with Crippen LogP contribution in [-0.4, -0.2) is 20.3 Å². The SMILES string of the molecule is Cc1c(CC(=O)OCc2ccc([N+](=O)[O-])cc2)nc2ccccn12. The zero-order chi connectivity index (χ0) is 17.1. The van der Waals surface area contributed by atoms with Crippen molar-refractivity contribution < 1.29 is 14.5 Å². The third-order valence-electron chi connectivity index (χ3n) is 3.73. The largest absolute Gasteiger partial charge is 0.461 e. The lowest BCUT2D eigenvalue weighted by molar-refractivity contribution is -0.384. The standard InChI is InChI=1S/C17H15N3O4/c1-12-15(18-16-4-2-3-9-19(12)16)10-17(21)24-11-13-5-7-14(8-6-13)20(22)23/h2-9H,10-11H2,1H3. The molecule has 1 aromatic carbocycles. The lowest BCUT2D eigenvalue weighted by atomic mass is 10.2. The molecule has 2 aromatic heterocycles. The van der Waals surface area contributed by atoms with Gasteiger partial charge in [0.15, 0.2) is 0 Å². The molecule has 0 aliphatic heterocycles. The van der Waals surface area contributed by atoms with Crippen LogP contribution in [-0.2, 0) is 22.6 Å². The van der Waals surface area contributed by atoms with E-state index in [1.807, 2.05) is 35.7 Å². The van der Waals surface area contributed by atoms with Gasteiger partial charge in [0.1, 0.15) is 12.3 Å². The maximum Gasteiger partial charge on any atom is 0.312 e. The molecule has 0 radical (unpaired) electrons. The first-order valence-electron chi connectivity index (χ1n) is 7.36. The Morgan fingerprint density at radius 1 is 1.25 bits per heavy atom. The van der Waals surface area contributed by atoms with Gasteiger partial charge in [0.25, 0.3) is 5.69 Å². The molecule has 7 nitrogen and oxygen atoms in total. The highest BCUT2D eigenvalue weighted by molar-refractivity contribution is 5.72. The zero-order valence-corrected chi connectivity index (χ0v) is 13.0. The summed E-state index contributed by atoms with van der Waals surface area (Å²) in [5.41, 5.74) is 3.06. The molecule has 122 valence electrons. The first kappa shape index (κ1) is 15.7. The lowest BCUT2D eigenvalue weighted by Gasteiger charge is -2.04. The molecule has 0 spiro atoms. The summed E-state index contributed by atoms with van der Waals surface area (Å²) in [5.74, 6) is -0.389. The normalized spacial score (nSPS) is 10.7. The maximum absolute atomic E-state index is 12.0. The van der Waals surface area contributed by atoms with E-state index in [2.05, 4.69) is 4.98 Å². The van der Waals surface area contributed by atoms with Crippen molar-refractivity contribution in [3.63, 3.8) is 0 Å². The number of ether oxygens (including phenoxy) is 1. The van der Waals surface area contributed by atoms with Gasteiger partial charge in [-0.25, -0.2) is 4.98 Å². The van der Waals surface area contributed by atoms with Gasteiger partial charge < -0.3 is 9.14 Å². The van der Waals surface area contributed by atoms with Gasteiger partial charge in [-0.3, -0.25) is 14.9 Å². The van der Waals surface area contributed by atoms with Crippen molar-refractivity contribution >= 4 is 17.3 Å². The second-order valence-corrected chi connectivity index (χ2v) is 5.33. The van der Waals surface area contributed by atoms with Crippen LogP contribution in [0.3, 0.4) is 0 Å². The number of rotatable bonds is 5. The monoisotopic (exact) mass is 325 g/mol. The molecule has 0 saturated carbocycles. The molecule has 7 heteroatoms. The Balaban J connectivity index is 1.62. The third kappa shape index (κ3) is 3.24. The highest BCUT2D eigenvalue weighted by Gasteiger charge is 2.13. The summed E-state index contributed by atoms with van der Waals surface area (Å²) in [6.45, 7) is 1.97. The van der Waals surface area contributed by atoms with Crippen LogP contribution in [0.5, 0.6) is 0 Å². The van der Waals surface area contributed by atoms with Crippen molar-refractivity contribution in [3.8, 4) is 0 Å². The highest BCUT2D eigenvalue weighted by Crippen LogP contribution is 2.14. The molecule has 3 rings (SSSR count). The highest BCUT2D eigenvalue weighted by atomic mass is 16.6. The summed E-state index contributed by atoms with van der Waals surface area (Å²) in [6, 6.07) is 11.6. The van der Waals surface area contributed by atoms with Crippen LogP contribution in [0.15, 0.2) is 48.7 Å². The Kier molecular flexibility index (Phi) is 4.24. The van der Waals surface area contributed by atoms with Gasteiger partial charge in [0.2, 0.25) is 0 Å². The fraction of sp³-hybridized carbons (Fsp3) is 0.176. The van der Waals surface area contributed by atoms with Crippen LogP contribution in [0.2, 0.25) is 0 Å². The molecule has 0 aliphatic rings. The Bertz CT molecular complexity index is 900. The minimum absolute atomic E-state index is 0.00500. The van der Waals surface area contributed by atoms with E-state index in [1.165, 1.54) is 12.1 Å². The van der Waals surface area contributed by atoms with E-state index >= 15 is 0 Å². The fourth-order valence-corrected chi connectivity index (χ4v) is 2.40. The van der Waals surface area contributed by atoms with Gasteiger partial charge in [-0.15, -0.1) is 0 Å². The minimum atomic E-state index is -0.470. The predicted molar refractivity (Wildman–Crippen MR) is 86.5 cm³/mol. The second-order valence-electron chi connectivity index (χ2n) is 5.33. The van der Waals surface area contributed by atoms with E-state index in [-0.39, 0.29) is 24.7 Å². The Labute approximate surface area is 137 Å². The molecule has 0 unspecified atom stereocenters.